The van der Waals surface area contributed by atoms with Crippen molar-refractivity contribution in [1.29, 1.82) is 0 Å². The zero-order valence-corrected chi connectivity index (χ0v) is 10.2. The molecular weight excluding hydrogens is 198 g/mol. The number of anilines is 1. The van der Waals surface area contributed by atoms with E-state index in [1.165, 1.54) is 24.8 Å². The van der Waals surface area contributed by atoms with Gasteiger partial charge in [0.05, 0.1) is 0 Å². The largest absolute Gasteiger partial charge is 0.354 e. The van der Waals surface area contributed by atoms with E-state index in [-0.39, 0.29) is 6.04 Å². The molecule has 1 fully saturated rings. The Morgan fingerprint density at radius 3 is 3.00 bits per heavy atom. The second-order valence-corrected chi connectivity index (χ2v) is 4.77. The molecule has 0 spiro atoms. The van der Waals surface area contributed by atoms with Gasteiger partial charge in [-0.3, -0.25) is 0 Å². The van der Waals surface area contributed by atoms with Crippen LogP contribution in [0.1, 0.15) is 44.7 Å². The fraction of sp³-hybridized carbons (Fsp3) is 0.615. The lowest BCUT2D eigenvalue weighted by atomic mass is 10.0. The fourth-order valence-corrected chi connectivity index (χ4v) is 2.31. The Kier molecular flexibility index (Phi) is 3.44. The summed E-state index contributed by atoms with van der Waals surface area (Å²) in [6, 6.07) is 4.82. The Balaban J connectivity index is 2.21. The average Bonchev–Trinajstić information content (AvgIpc) is 2.30. The van der Waals surface area contributed by atoms with Gasteiger partial charge in [-0.05, 0) is 50.8 Å². The summed E-state index contributed by atoms with van der Waals surface area (Å²) >= 11 is 0. The van der Waals surface area contributed by atoms with Crippen LogP contribution < -0.4 is 10.6 Å². The van der Waals surface area contributed by atoms with E-state index < -0.39 is 0 Å². The molecule has 16 heavy (non-hydrogen) atoms. The Morgan fingerprint density at radius 1 is 1.50 bits per heavy atom. The monoisotopic (exact) mass is 219 g/mol. The van der Waals surface area contributed by atoms with Crippen molar-refractivity contribution in [2.45, 2.75) is 45.2 Å². The summed E-state index contributed by atoms with van der Waals surface area (Å²) in [6.45, 7) is 5.41. The normalized spacial score (nSPS) is 23.2. The Bertz CT molecular complexity index is 349. The molecule has 1 aliphatic heterocycles. The third kappa shape index (κ3) is 2.35. The van der Waals surface area contributed by atoms with Gasteiger partial charge in [0, 0.05) is 24.8 Å². The lowest BCUT2D eigenvalue weighted by molar-refractivity contribution is 0.481. The summed E-state index contributed by atoms with van der Waals surface area (Å²) in [6.07, 6.45) is 5.75. The SMILES string of the molecule is CC1CCCCN1c1cc([C@H](C)N)ccn1. The number of aromatic nitrogens is 1. The van der Waals surface area contributed by atoms with Gasteiger partial charge >= 0.3 is 0 Å². The topological polar surface area (TPSA) is 42.1 Å². The second kappa shape index (κ2) is 4.83. The van der Waals surface area contributed by atoms with Gasteiger partial charge in [0.2, 0.25) is 0 Å². The molecule has 2 rings (SSSR count). The van der Waals surface area contributed by atoms with Crippen LogP contribution in [-0.2, 0) is 0 Å². The van der Waals surface area contributed by atoms with E-state index >= 15 is 0 Å². The number of hydrogen-bond donors (Lipinski definition) is 1. The number of nitrogens with zero attached hydrogens (tertiary/aromatic N) is 2. The summed E-state index contributed by atoms with van der Waals surface area (Å²) in [5, 5.41) is 0. The first kappa shape index (κ1) is 11.4. The molecule has 88 valence electrons. The molecule has 3 nitrogen and oxygen atoms in total. The van der Waals surface area contributed by atoms with Crippen LogP contribution in [0.2, 0.25) is 0 Å². The van der Waals surface area contributed by atoms with Gasteiger partial charge in [-0.1, -0.05) is 0 Å². The van der Waals surface area contributed by atoms with Gasteiger partial charge in [-0.15, -0.1) is 0 Å². The van der Waals surface area contributed by atoms with Crippen LogP contribution in [0.5, 0.6) is 0 Å². The van der Waals surface area contributed by atoms with Gasteiger partial charge in [0.25, 0.3) is 0 Å². The van der Waals surface area contributed by atoms with Crippen molar-refractivity contribution >= 4 is 5.82 Å². The smallest absolute Gasteiger partial charge is 0.129 e. The second-order valence-electron chi connectivity index (χ2n) is 4.77. The average molecular weight is 219 g/mol. The zero-order valence-electron chi connectivity index (χ0n) is 10.2. The van der Waals surface area contributed by atoms with Gasteiger partial charge in [0.15, 0.2) is 0 Å². The van der Waals surface area contributed by atoms with Crippen LogP contribution in [0.3, 0.4) is 0 Å². The lowest BCUT2D eigenvalue weighted by Gasteiger charge is -2.34. The van der Waals surface area contributed by atoms with Gasteiger partial charge < -0.3 is 10.6 Å². The Labute approximate surface area is 97.7 Å². The summed E-state index contributed by atoms with van der Waals surface area (Å²) < 4.78 is 0. The van der Waals surface area contributed by atoms with E-state index in [2.05, 4.69) is 22.9 Å². The van der Waals surface area contributed by atoms with E-state index in [0.717, 1.165) is 12.4 Å². The number of piperidine rings is 1. The van der Waals surface area contributed by atoms with Crippen molar-refractivity contribution in [3.05, 3.63) is 23.9 Å². The van der Waals surface area contributed by atoms with Crippen molar-refractivity contribution in [3.63, 3.8) is 0 Å². The van der Waals surface area contributed by atoms with Gasteiger partial charge in [0.1, 0.15) is 5.82 Å². The maximum Gasteiger partial charge on any atom is 0.129 e. The molecule has 0 amide bonds. The fourth-order valence-electron chi connectivity index (χ4n) is 2.31. The van der Waals surface area contributed by atoms with E-state index in [0.29, 0.717) is 6.04 Å². The number of rotatable bonds is 2. The molecule has 0 aliphatic carbocycles. The van der Waals surface area contributed by atoms with Crippen LogP contribution in [0.4, 0.5) is 5.82 Å². The van der Waals surface area contributed by atoms with Crippen LogP contribution in [-0.4, -0.2) is 17.6 Å². The molecule has 3 heteroatoms. The Morgan fingerprint density at radius 2 is 2.31 bits per heavy atom. The maximum atomic E-state index is 5.90. The molecule has 1 unspecified atom stereocenters. The molecule has 2 N–H and O–H groups in total. The highest BCUT2D eigenvalue weighted by Gasteiger charge is 2.19. The van der Waals surface area contributed by atoms with Crippen LogP contribution in [0, 0.1) is 0 Å². The minimum Gasteiger partial charge on any atom is -0.354 e. The van der Waals surface area contributed by atoms with E-state index in [1.807, 2.05) is 19.2 Å². The molecule has 0 radical (unpaired) electrons. The minimum absolute atomic E-state index is 0.0850. The summed E-state index contributed by atoms with van der Waals surface area (Å²) in [5.74, 6) is 1.09. The van der Waals surface area contributed by atoms with Crippen molar-refractivity contribution in [2.24, 2.45) is 5.73 Å². The standard InChI is InChI=1S/C13H21N3/c1-10-5-3-4-8-16(10)13-9-12(11(2)14)6-7-15-13/h6-7,9-11H,3-5,8,14H2,1-2H3/t10?,11-/m0/s1. The molecule has 0 bridgehead atoms. The first-order chi connectivity index (χ1) is 7.68. The number of hydrogen-bond acceptors (Lipinski definition) is 3. The van der Waals surface area contributed by atoms with E-state index in [9.17, 15) is 0 Å². The number of pyridine rings is 1. The molecule has 2 heterocycles. The maximum absolute atomic E-state index is 5.90. The van der Waals surface area contributed by atoms with E-state index in [4.69, 9.17) is 5.73 Å². The highest BCUT2D eigenvalue weighted by molar-refractivity contribution is 5.43. The molecular formula is C13H21N3. The highest BCUT2D eigenvalue weighted by atomic mass is 15.2. The lowest BCUT2D eigenvalue weighted by Crippen LogP contribution is -2.38. The zero-order chi connectivity index (χ0) is 11.5. The van der Waals surface area contributed by atoms with Crippen LogP contribution >= 0.6 is 0 Å². The first-order valence-corrected chi connectivity index (χ1v) is 6.16. The highest BCUT2D eigenvalue weighted by Crippen LogP contribution is 2.24. The summed E-state index contributed by atoms with van der Waals surface area (Å²) in [5.41, 5.74) is 7.07. The molecule has 1 aliphatic rings. The third-order valence-electron chi connectivity index (χ3n) is 3.39. The van der Waals surface area contributed by atoms with Crippen LogP contribution in [0.25, 0.3) is 0 Å². The molecule has 1 saturated heterocycles. The first-order valence-electron chi connectivity index (χ1n) is 6.16. The predicted molar refractivity (Wildman–Crippen MR) is 67.5 cm³/mol. The predicted octanol–water partition coefficient (Wildman–Crippen LogP) is 2.48. The van der Waals surface area contributed by atoms with Gasteiger partial charge in [-0.2, -0.15) is 0 Å². The number of nitrogens with two attached hydrogens (primary N) is 1. The van der Waals surface area contributed by atoms with Gasteiger partial charge in [-0.25, -0.2) is 4.98 Å². The Hall–Kier alpha value is -1.09. The quantitative estimate of drug-likeness (QED) is 0.831. The molecule has 1 aromatic heterocycles. The summed E-state index contributed by atoms with van der Waals surface area (Å²) in [4.78, 5) is 6.86. The van der Waals surface area contributed by atoms with Crippen LogP contribution in [0.15, 0.2) is 18.3 Å². The molecule has 0 aromatic carbocycles. The third-order valence-corrected chi connectivity index (χ3v) is 3.39. The molecule has 2 atom stereocenters. The summed E-state index contributed by atoms with van der Waals surface area (Å²) in [7, 11) is 0. The minimum atomic E-state index is 0.0850. The van der Waals surface area contributed by atoms with E-state index in [1.54, 1.807) is 0 Å². The van der Waals surface area contributed by atoms with Crippen molar-refractivity contribution in [2.75, 3.05) is 11.4 Å². The molecule has 0 saturated carbocycles. The van der Waals surface area contributed by atoms with Crippen molar-refractivity contribution < 1.29 is 0 Å². The molecule has 1 aromatic rings. The van der Waals surface area contributed by atoms with Crippen molar-refractivity contribution in [3.8, 4) is 0 Å². The van der Waals surface area contributed by atoms with Crippen molar-refractivity contribution in [1.82, 2.24) is 4.98 Å².